The molecule has 0 spiro atoms. The summed E-state index contributed by atoms with van der Waals surface area (Å²) in [6.45, 7) is 5.63. The van der Waals surface area contributed by atoms with E-state index in [1.54, 1.807) is 0 Å². The van der Waals surface area contributed by atoms with E-state index in [0.29, 0.717) is 11.5 Å². The molecule has 0 N–H and O–H groups in total. The van der Waals surface area contributed by atoms with Gasteiger partial charge in [-0.05, 0) is 6.42 Å². The van der Waals surface area contributed by atoms with Crippen LogP contribution in [0.1, 0.15) is 32.6 Å². The van der Waals surface area contributed by atoms with Gasteiger partial charge < -0.3 is 0 Å². The Labute approximate surface area is 83.5 Å². The monoisotopic (exact) mass is 214 g/mol. The third-order valence-corrected chi connectivity index (χ3v) is 2.84. The van der Waals surface area contributed by atoms with Crippen molar-refractivity contribution in [2.24, 2.45) is 0 Å². The lowest BCUT2D eigenvalue weighted by atomic mass is 10.1. The molecule has 0 bridgehead atoms. The topological polar surface area (TPSA) is 0 Å². The summed E-state index contributed by atoms with van der Waals surface area (Å²) in [5, 5.41) is 0.317. The van der Waals surface area contributed by atoms with Crippen LogP contribution < -0.4 is 0 Å². The Kier molecular flexibility index (Phi) is 5.58. The number of hydrogen-bond acceptors (Lipinski definition) is 0. The summed E-state index contributed by atoms with van der Waals surface area (Å²) in [6, 6.07) is 0. The number of allylic oxidation sites excluding steroid dienone is 1. The second-order valence-corrected chi connectivity index (χ2v) is 4.51. The molecular formula is C8H13Cl3. The number of unbranched alkanes of at least 4 members (excludes halogenated alkanes) is 2. The van der Waals surface area contributed by atoms with Crippen LogP contribution in [0.25, 0.3) is 0 Å². The summed E-state index contributed by atoms with van der Waals surface area (Å²) in [6.07, 6.45) is 3.96. The smallest absolute Gasteiger partial charge is 0.0954 e. The summed E-state index contributed by atoms with van der Waals surface area (Å²) >= 11 is 17.3. The molecule has 0 aromatic heterocycles. The van der Waals surface area contributed by atoms with Gasteiger partial charge in [0.1, 0.15) is 0 Å². The van der Waals surface area contributed by atoms with E-state index in [1.807, 2.05) is 0 Å². The van der Waals surface area contributed by atoms with Crippen molar-refractivity contribution >= 4 is 34.8 Å². The molecule has 0 unspecified atom stereocenters. The molecule has 0 atom stereocenters. The first-order valence-corrected chi connectivity index (χ1v) is 4.87. The van der Waals surface area contributed by atoms with Crippen LogP contribution in [0.2, 0.25) is 0 Å². The Morgan fingerprint density at radius 3 is 2.27 bits per heavy atom. The zero-order valence-electron chi connectivity index (χ0n) is 6.67. The molecule has 66 valence electrons. The Bertz CT molecular complexity index is 129. The molecule has 0 aromatic rings. The molecule has 0 amide bonds. The fourth-order valence-electron chi connectivity index (χ4n) is 0.733. The lowest BCUT2D eigenvalue weighted by Crippen LogP contribution is -2.11. The molecule has 0 aliphatic heterocycles. The van der Waals surface area contributed by atoms with Crippen molar-refractivity contribution in [3.8, 4) is 0 Å². The lowest BCUT2D eigenvalue weighted by molar-refractivity contribution is 0.654. The van der Waals surface area contributed by atoms with Crippen LogP contribution in [0.15, 0.2) is 11.6 Å². The van der Waals surface area contributed by atoms with Gasteiger partial charge in [-0.2, -0.15) is 0 Å². The van der Waals surface area contributed by atoms with Gasteiger partial charge in [0, 0.05) is 5.03 Å². The minimum Gasteiger partial charge on any atom is -0.0954 e. The fourth-order valence-corrected chi connectivity index (χ4v) is 1.09. The molecule has 0 rings (SSSR count). The number of alkyl halides is 2. The van der Waals surface area contributed by atoms with Gasteiger partial charge >= 0.3 is 0 Å². The normalized spacial score (nSPS) is 11.6. The van der Waals surface area contributed by atoms with Gasteiger partial charge in [0.25, 0.3) is 0 Å². The van der Waals surface area contributed by atoms with E-state index in [9.17, 15) is 0 Å². The zero-order valence-corrected chi connectivity index (χ0v) is 8.94. The highest BCUT2D eigenvalue weighted by Crippen LogP contribution is 2.36. The number of rotatable bonds is 5. The molecule has 11 heavy (non-hydrogen) atoms. The Balaban J connectivity index is 3.64. The summed E-state index contributed by atoms with van der Waals surface area (Å²) in [4.78, 5) is 0. The summed E-state index contributed by atoms with van der Waals surface area (Å²) < 4.78 is -0.934. The van der Waals surface area contributed by atoms with Crippen LogP contribution in [0.3, 0.4) is 0 Å². The predicted molar refractivity (Wildman–Crippen MR) is 53.6 cm³/mol. The molecule has 3 heteroatoms. The fraction of sp³-hybridized carbons (Fsp3) is 0.750. The maximum atomic E-state index is 5.84. The van der Waals surface area contributed by atoms with Gasteiger partial charge in [-0.25, -0.2) is 0 Å². The van der Waals surface area contributed by atoms with Gasteiger partial charge in [0.05, 0.1) is 0 Å². The molecule has 0 radical (unpaired) electrons. The Morgan fingerprint density at radius 1 is 1.36 bits per heavy atom. The van der Waals surface area contributed by atoms with Crippen molar-refractivity contribution in [1.82, 2.24) is 0 Å². The first-order valence-electron chi connectivity index (χ1n) is 3.73. The standard InChI is InChI=1S/C8H13Cl3/c1-3-4-5-6-8(10,11)7(2)9/h2-6H2,1H3. The molecule has 0 aliphatic carbocycles. The van der Waals surface area contributed by atoms with Gasteiger partial charge in [-0.3, -0.25) is 0 Å². The molecule has 0 aliphatic rings. The summed E-state index contributed by atoms with van der Waals surface area (Å²) in [5.41, 5.74) is 0. The van der Waals surface area contributed by atoms with Gasteiger partial charge in [0.2, 0.25) is 0 Å². The second kappa shape index (κ2) is 5.29. The number of hydrogen-bond donors (Lipinski definition) is 0. The van der Waals surface area contributed by atoms with Crippen molar-refractivity contribution < 1.29 is 0 Å². The molecule has 0 nitrogen and oxygen atoms in total. The predicted octanol–water partition coefficient (Wildman–Crippen LogP) is 4.49. The molecular weight excluding hydrogens is 202 g/mol. The van der Waals surface area contributed by atoms with E-state index in [2.05, 4.69) is 13.5 Å². The van der Waals surface area contributed by atoms with Gasteiger partial charge in [0.15, 0.2) is 4.33 Å². The van der Waals surface area contributed by atoms with Crippen LogP contribution in [0.5, 0.6) is 0 Å². The van der Waals surface area contributed by atoms with E-state index in [1.165, 1.54) is 0 Å². The van der Waals surface area contributed by atoms with Crippen LogP contribution in [0, 0.1) is 0 Å². The van der Waals surface area contributed by atoms with Crippen molar-refractivity contribution in [2.45, 2.75) is 36.9 Å². The molecule has 0 fully saturated rings. The highest BCUT2D eigenvalue weighted by atomic mass is 35.5. The maximum absolute atomic E-state index is 5.84. The minimum absolute atomic E-state index is 0.317. The summed E-state index contributed by atoms with van der Waals surface area (Å²) in [7, 11) is 0. The molecule has 0 heterocycles. The SMILES string of the molecule is C=C(Cl)C(Cl)(Cl)CCCCC. The minimum atomic E-state index is -0.934. The lowest BCUT2D eigenvalue weighted by Gasteiger charge is -2.17. The molecule has 0 saturated carbocycles. The van der Waals surface area contributed by atoms with Gasteiger partial charge in [-0.1, -0.05) is 67.6 Å². The van der Waals surface area contributed by atoms with Crippen molar-refractivity contribution in [3.05, 3.63) is 11.6 Å². The van der Waals surface area contributed by atoms with E-state index >= 15 is 0 Å². The molecule has 0 saturated heterocycles. The second-order valence-electron chi connectivity index (χ2n) is 2.57. The Morgan fingerprint density at radius 2 is 1.91 bits per heavy atom. The average Bonchev–Trinajstić information content (AvgIpc) is 1.88. The highest BCUT2D eigenvalue weighted by molar-refractivity contribution is 6.55. The van der Waals surface area contributed by atoms with Crippen LogP contribution in [-0.2, 0) is 0 Å². The van der Waals surface area contributed by atoms with Gasteiger partial charge in [-0.15, -0.1) is 0 Å². The van der Waals surface area contributed by atoms with E-state index in [4.69, 9.17) is 34.8 Å². The zero-order chi connectivity index (χ0) is 8.91. The largest absolute Gasteiger partial charge is 0.152 e. The van der Waals surface area contributed by atoms with Crippen molar-refractivity contribution in [3.63, 3.8) is 0 Å². The van der Waals surface area contributed by atoms with E-state index in [-0.39, 0.29) is 0 Å². The van der Waals surface area contributed by atoms with Crippen LogP contribution in [0.4, 0.5) is 0 Å². The van der Waals surface area contributed by atoms with Crippen LogP contribution >= 0.6 is 34.8 Å². The van der Waals surface area contributed by atoms with E-state index in [0.717, 1.165) is 19.3 Å². The van der Waals surface area contributed by atoms with Crippen LogP contribution in [-0.4, -0.2) is 4.33 Å². The number of halogens is 3. The van der Waals surface area contributed by atoms with E-state index < -0.39 is 4.33 Å². The first-order chi connectivity index (χ1) is 5.00. The average molecular weight is 216 g/mol. The van der Waals surface area contributed by atoms with Crippen molar-refractivity contribution in [2.75, 3.05) is 0 Å². The Hall–Kier alpha value is 0.610. The summed E-state index contributed by atoms with van der Waals surface area (Å²) in [5.74, 6) is 0. The van der Waals surface area contributed by atoms with Crippen molar-refractivity contribution in [1.29, 1.82) is 0 Å². The highest BCUT2D eigenvalue weighted by Gasteiger charge is 2.25. The molecule has 0 aromatic carbocycles. The third kappa shape index (κ3) is 4.95. The maximum Gasteiger partial charge on any atom is 0.152 e. The quantitative estimate of drug-likeness (QED) is 0.468. The third-order valence-electron chi connectivity index (χ3n) is 1.49. The first kappa shape index (κ1) is 11.6.